The second-order valence-corrected chi connectivity index (χ2v) is 32.4. The van der Waals surface area contributed by atoms with E-state index in [-0.39, 0.29) is 122 Å². The number of aromatic hydroxyl groups is 3. The SMILES string of the molecule is C.CSCC12CC1CCC21NC(=O)c2c3c(c(O)c(=O)n21)C(=O)N(Cc1ccc(F)c(Cl)c1)CC3.CSCC12CC1CCC21NC(=O)c2c3c(c(O)c(=O)n21)C(=O)N(Cc1ccc(F)c(Cl)c1)CC3.CSCC12CC1CCC2=O.NC(=O)c1[nH]c(=O)c(O)c2c1CCN(Cc1ccc(F)c(Cl)c1)C2=O. The Labute approximate surface area is 622 Å². The highest BCUT2D eigenvalue weighted by atomic mass is 35.5. The van der Waals surface area contributed by atoms with Gasteiger partial charge in [0.25, 0.3) is 52.1 Å². The maximum absolute atomic E-state index is 13.5. The molecule has 6 fully saturated rings. The first-order chi connectivity index (χ1) is 49.1. The average Bonchev–Trinajstić information content (AvgIpc) is 1.49. The largest absolute Gasteiger partial charge is 0.502 e. The number of amides is 6. The van der Waals surface area contributed by atoms with E-state index in [2.05, 4.69) is 21.9 Å². The molecule has 17 rings (SSSR count). The van der Waals surface area contributed by atoms with Gasteiger partial charge >= 0.3 is 0 Å². The van der Waals surface area contributed by atoms with Gasteiger partial charge in [-0.25, -0.2) is 13.2 Å². The van der Waals surface area contributed by atoms with Crippen molar-refractivity contribution >= 4 is 111 Å². The van der Waals surface area contributed by atoms with E-state index in [0.29, 0.717) is 84.2 Å². The summed E-state index contributed by atoms with van der Waals surface area (Å²) in [5.41, 5.74) is 3.66. The summed E-state index contributed by atoms with van der Waals surface area (Å²) in [6, 6.07) is 12.5. The summed E-state index contributed by atoms with van der Waals surface area (Å²) in [5.74, 6) is -1.99. The van der Waals surface area contributed by atoms with E-state index in [1.165, 1.54) is 91.3 Å². The minimum Gasteiger partial charge on any atom is -0.502 e. The van der Waals surface area contributed by atoms with Crippen LogP contribution >= 0.6 is 70.1 Å². The number of primary amides is 1. The van der Waals surface area contributed by atoms with Gasteiger partial charge < -0.3 is 51.4 Å². The lowest BCUT2D eigenvalue weighted by Crippen LogP contribution is -2.53. The monoisotopic (exact) mass is 1540 g/mol. The van der Waals surface area contributed by atoms with Gasteiger partial charge in [-0.1, -0.05) is 60.4 Å². The third-order valence-electron chi connectivity index (χ3n) is 23.3. The Balaban J connectivity index is 0.000000130. The minimum atomic E-state index is -0.965. The number of rotatable bonds is 13. The van der Waals surface area contributed by atoms with Crippen LogP contribution in [-0.4, -0.2) is 141 Å². The molecule has 6 aromatic rings. The minimum absolute atomic E-state index is 0. The Morgan fingerprint density at radius 1 is 0.538 bits per heavy atom. The molecule has 0 radical (unpaired) electrons. The van der Waals surface area contributed by atoms with Crippen molar-refractivity contribution in [3.05, 3.63) is 185 Å². The first-order valence-corrected chi connectivity index (χ1v) is 39.0. The van der Waals surface area contributed by atoms with Gasteiger partial charge in [0.05, 0.1) is 31.8 Å². The van der Waals surface area contributed by atoms with Gasteiger partial charge in [-0.2, -0.15) is 35.3 Å². The molecule has 8 N–H and O–H groups in total. The zero-order valence-electron chi connectivity index (χ0n) is 56.0. The number of hydrogen-bond donors (Lipinski definition) is 7. The average molecular weight is 1550 g/mol. The summed E-state index contributed by atoms with van der Waals surface area (Å²) >= 11 is 22.7. The van der Waals surface area contributed by atoms with Gasteiger partial charge in [0.2, 0.25) is 0 Å². The fourth-order valence-electron chi connectivity index (χ4n) is 18.2. The molecule has 0 saturated heterocycles. The van der Waals surface area contributed by atoms with Gasteiger partial charge in [0.15, 0.2) is 17.2 Å². The maximum atomic E-state index is 13.5. The molecule has 6 amide bonds. The van der Waals surface area contributed by atoms with E-state index < -0.39 is 86.3 Å². The molecule has 0 bridgehead atoms. The predicted octanol–water partition coefficient (Wildman–Crippen LogP) is 9.73. The smallest absolute Gasteiger partial charge is 0.296 e. The number of pyridine rings is 3. The molecule has 22 nitrogen and oxygen atoms in total. The Morgan fingerprint density at radius 2 is 0.923 bits per heavy atom. The Kier molecular flexibility index (Phi) is 19.6. The summed E-state index contributed by atoms with van der Waals surface area (Å²) in [6.07, 6.45) is 15.2. The number of carbonyl (C=O) groups excluding carboxylic acids is 7. The molecule has 8 unspecified atom stereocenters. The van der Waals surface area contributed by atoms with E-state index in [0.717, 1.165) is 55.3 Å². The van der Waals surface area contributed by atoms with Gasteiger partial charge in [-0.15, -0.1) is 0 Å². The Bertz CT molecular complexity index is 4730. The summed E-state index contributed by atoms with van der Waals surface area (Å²) in [5, 5.41) is 38.1. The number of nitrogens with zero attached hydrogens (tertiary/aromatic N) is 5. The Hall–Kier alpha value is -7.89. The third kappa shape index (κ3) is 11.7. The molecule has 550 valence electrons. The number of thioether (sulfide) groups is 3. The van der Waals surface area contributed by atoms with Crippen molar-refractivity contribution in [2.75, 3.05) is 55.7 Å². The molecule has 6 saturated carbocycles. The number of nitrogens with two attached hydrogens (primary N) is 1. The van der Waals surface area contributed by atoms with Crippen LogP contribution < -0.4 is 33.0 Å². The highest BCUT2D eigenvalue weighted by molar-refractivity contribution is 7.99. The number of H-pyrrole nitrogens is 1. The number of fused-ring (bicyclic) bond motifs is 14. The van der Waals surface area contributed by atoms with Crippen LogP contribution in [0.25, 0.3) is 0 Å². The van der Waals surface area contributed by atoms with Gasteiger partial charge in [0, 0.05) is 90.3 Å². The zero-order valence-corrected chi connectivity index (χ0v) is 60.7. The van der Waals surface area contributed by atoms with Gasteiger partial charge in [-0.05, 0) is 166 Å². The quantitative estimate of drug-likeness (QED) is 0.0566. The van der Waals surface area contributed by atoms with E-state index in [1.807, 2.05) is 24.3 Å². The van der Waals surface area contributed by atoms with Crippen LogP contribution in [0.4, 0.5) is 13.2 Å². The van der Waals surface area contributed by atoms with E-state index in [4.69, 9.17) is 40.5 Å². The molecule has 8 atom stereocenters. The summed E-state index contributed by atoms with van der Waals surface area (Å²) < 4.78 is 43.2. The lowest BCUT2D eigenvalue weighted by molar-refractivity contribution is -0.122. The number of aromatic amines is 1. The summed E-state index contributed by atoms with van der Waals surface area (Å²) in [7, 11) is 0. The number of halogens is 6. The predicted molar refractivity (Wildman–Crippen MR) is 389 cm³/mol. The molecule has 5 aliphatic heterocycles. The lowest BCUT2D eigenvalue weighted by atomic mass is 9.90. The first-order valence-electron chi connectivity index (χ1n) is 33.7. The molecule has 6 aliphatic carbocycles. The third-order valence-corrected chi connectivity index (χ3v) is 26.6. The molecular weight excluding hydrogens is 1470 g/mol. The van der Waals surface area contributed by atoms with Gasteiger partial charge in [0.1, 0.15) is 51.6 Å². The zero-order chi connectivity index (χ0) is 73.5. The fraction of sp³-hybridized carbons (Fsp3) is 0.452. The molecule has 3 aromatic carbocycles. The fourth-order valence-corrected chi connectivity index (χ4v) is 22.0. The number of aromatic nitrogens is 3. The van der Waals surface area contributed by atoms with Crippen LogP contribution in [0, 0.1) is 51.5 Å². The van der Waals surface area contributed by atoms with Crippen LogP contribution in [0.15, 0.2) is 69.0 Å². The molecule has 104 heavy (non-hydrogen) atoms. The van der Waals surface area contributed by atoms with Crippen molar-refractivity contribution < 1.29 is 62.1 Å². The first kappa shape index (κ1) is 74.4. The summed E-state index contributed by atoms with van der Waals surface area (Å²) in [4.78, 5) is 134. The number of ketones is 1. The van der Waals surface area contributed by atoms with Crippen molar-refractivity contribution in [3.8, 4) is 17.2 Å². The van der Waals surface area contributed by atoms with E-state index in [1.54, 1.807) is 23.5 Å². The summed E-state index contributed by atoms with van der Waals surface area (Å²) in [6.45, 7) is 1.22. The maximum Gasteiger partial charge on any atom is 0.296 e. The van der Waals surface area contributed by atoms with E-state index in [9.17, 15) is 76.4 Å². The van der Waals surface area contributed by atoms with E-state index >= 15 is 0 Å². The van der Waals surface area contributed by atoms with Crippen molar-refractivity contribution in [2.24, 2.45) is 39.7 Å². The molecule has 11 aliphatic rings. The highest BCUT2D eigenvalue weighted by Crippen LogP contribution is 2.73. The van der Waals surface area contributed by atoms with Crippen molar-refractivity contribution in [1.29, 1.82) is 0 Å². The van der Waals surface area contributed by atoms with Crippen LogP contribution in [0.5, 0.6) is 17.2 Å². The standard InChI is InChI=1S/2C24H23ClFN3O4S.C16H13ClFN3O4.C8H12OS.CH4/c2*1-34-11-23-9-13(23)4-6-24(23)27-20(31)18-14-5-7-28(10-12-2-3-16(26)15(25)8-12)21(32)17(14)19(30)22(33)29(18)24;17-9-5-7(1-2-10(9)18)6-21-4-3-8-11(16(21)25)13(22)15(24)20-12(8)14(19)23;1-10-5-8-4-6(8)2-3-7(8)9;/h2*2-3,8,13,30H,4-7,9-11H2,1H3,(H,27,31);1-2,5,22H,3-4,6H2,(H2,19,23)(H,20,24);6H,2-5H2,1H3;1H4. The number of hydrogen-bond acceptors (Lipinski definition) is 16. The van der Waals surface area contributed by atoms with Crippen molar-refractivity contribution in [1.82, 2.24) is 39.5 Å². The lowest BCUT2D eigenvalue weighted by Gasteiger charge is -2.37. The molecule has 2 spiro atoms. The highest BCUT2D eigenvalue weighted by Gasteiger charge is 2.75. The van der Waals surface area contributed by atoms with Crippen LogP contribution in [0.2, 0.25) is 15.1 Å². The van der Waals surface area contributed by atoms with Crippen LogP contribution in [0.1, 0.15) is 161 Å². The van der Waals surface area contributed by atoms with Crippen LogP contribution in [-0.2, 0) is 55.0 Å². The topological polar surface area (TPSA) is 317 Å². The second kappa shape index (κ2) is 27.5. The van der Waals surface area contributed by atoms with Crippen molar-refractivity contribution in [3.63, 3.8) is 0 Å². The second-order valence-electron chi connectivity index (χ2n) is 28.6. The number of benzene rings is 3. The number of Topliss-reactive ketones (excluding diaryl/α,β-unsaturated/α-hetero) is 1. The normalized spacial score (nSPS) is 26.2. The number of nitrogens with one attached hydrogen (secondary N) is 3. The van der Waals surface area contributed by atoms with Crippen molar-refractivity contribution in [2.45, 2.75) is 115 Å². The molecule has 8 heterocycles. The van der Waals surface area contributed by atoms with Crippen LogP contribution in [0.3, 0.4) is 0 Å². The number of carbonyl (C=O) groups is 7. The molecular formula is C73H75Cl3F3N9O13S3. The van der Waals surface area contributed by atoms with Gasteiger partial charge in [-0.3, -0.25) is 57.1 Å². The molecule has 31 heteroatoms. The molecule has 3 aromatic heterocycles. The Morgan fingerprint density at radius 3 is 1.26 bits per heavy atom.